The van der Waals surface area contributed by atoms with Crippen LogP contribution < -0.4 is 5.43 Å². The van der Waals surface area contributed by atoms with Gasteiger partial charge in [0.15, 0.2) is 0 Å². The lowest BCUT2D eigenvalue weighted by molar-refractivity contribution is -0.131. The zero-order valence-corrected chi connectivity index (χ0v) is 16.6. The normalized spacial score (nSPS) is 9.40. The van der Waals surface area contributed by atoms with E-state index in [0.29, 0.717) is 10.0 Å². The minimum absolute atomic E-state index is 0. The molecule has 0 radical (unpaired) electrons. The Hall–Kier alpha value is -1.17. The first-order chi connectivity index (χ1) is 11.0. The van der Waals surface area contributed by atoms with E-state index >= 15 is 0 Å². The van der Waals surface area contributed by atoms with Gasteiger partial charge in [-0.25, -0.2) is 5.01 Å². The molecule has 4 nitrogen and oxygen atoms in total. The van der Waals surface area contributed by atoms with Gasteiger partial charge in [-0.15, -0.1) is 36.4 Å². The van der Waals surface area contributed by atoms with Crippen LogP contribution >= 0.6 is 59.6 Å². The molecule has 0 aromatic heterocycles. The second-order valence-electron chi connectivity index (χ2n) is 4.70. The van der Waals surface area contributed by atoms with Crippen LogP contribution in [0.4, 0.5) is 0 Å². The Kier molecular flexibility index (Phi) is 10.9. The van der Waals surface area contributed by atoms with E-state index in [1.807, 2.05) is 30.3 Å². The monoisotopic (exact) mass is 442 g/mol. The van der Waals surface area contributed by atoms with Crippen molar-refractivity contribution in [2.45, 2.75) is 6.54 Å². The Bertz CT molecular complexity index is 693. The third kappa shape index (κ3) is 7.30. The molecular formula is C16H15Cl5N2O2. The van der Waals surface area contributed by atoms with Gasteiger partial charge >= 0.3 is 0 Å². The number of carbonyl (C=O) groups excluding carboxylic acids is 2. The van der Waals surface area contributed by atoms with Crippen LogP contribution in [0.2, 0.25) is 10.0 Å². The highest BCUT2D eigenvalue weighted by molar-refractivity contribution is 6.35. The van der Waals surface area contributed by atoms with Gasteiger partial charge in [0.05, 0.1) is 6.54 Å². The van der Waals surface area contributed by atoms with Gasteiger partial charge in [-0.2, -0.15) is 0 Å². The maximum Gasteiger partial charge on any atom is 0.269 e. The molecule has 0 saturated carbocycles. The standard InChI is InChI=1S/C16H13Cl3N2O2.2ClH/c17-9-15(22)21(10-11-4-2-1-3-5-11)20-16(23)12-6-13(18)8-14(19)7-12;;/h1-8H,9-10H2,(H,20,23);2*1H. The summed E-state index contributed by atoms with van der Waals surface area (Å²) in [7, 11) is 0. The summed E-state index contributed by atoms with van der Waals surface area (Å²) in [5.41, 5.74) is 3.64. The number of carbonyl (C=O) groups is 2. The van der Waals surface area contributed by atoms with Crippen LogP contribution in [0.25, 0.3) is 0 Å². The molecule has 2 rings (SSSR count). The molecule has 9 heteroatoms. The van der Waals surface area contributed by atoms with E-state index in [9.17, 15) is 9.59 Å². The minimum Gasteiger partial charge on any atom is -0.272 e. The van der Waals surface area contributed by atoms with Crippen LogP contribution in [-0.4, -0.2) is 22.7 Å². The molecule has 0 atom stereocenters. The summed E-state index contributed by atoms with van der Waals surface area (Å²) in [5, 5.41) is 1.83. The Balaban J connectivity index is 0.00000288. The van der Waals surface area contributed by atoms with Gasteiger partial charge in [0.1, 0.15) is 5.88 Å². The predicted molar refractivity (Wildman–Crippen MR) is 106 cm³/mol. The Morgan fingerprint density at radius 2 is 1.52 bits per heavy atom. The van der Waals surface area contributed by atoms with Crippen molar-refractivity contribution < 1.29 is 9.59 Å². The molecule has 2 amide bonds. The second kappa shape index (κ2) is 11.4. The number of benzene rings is 2. The number of hydrogen-bond acceptors (Lipinski definition) is 2. The Labute approximate surface area is 173 Å². The molecule has 0 aliphatic rings. The number of rotatable bonds is 4. The number of hydrazine groups is 1. The molecule has 0 bridgehead atoms. The first-order valence-corrected chi connectivity index (χ1v) is 7.96. The zero-order chi connectivity index (χ0) is 16.8. The summed E-state index contributed by atoms with van der Waals surface area (Å²) < 4.78 is 0. The first-order valence-electron chi connectivity index (χ1n) is 6.67. The molecule has 2 aromatic carbocycles. The van der Waals surface area contributed by atoms with Crippen LogP contribution in [0, 0.1) is 0 Å². The first kappa shape index (κ1) is 23.8. The summed E-state index contributed by atoms with van der Waals surface area (Å²) in [6, 6.07) is 13.7. The van der Waals surface area contributed by atoms with Gasteiger partial charge in [0, 0.05) is 15.6 Å². The van der Waals surface area contributed by atoms with E-state index in [0.717, 1.165) is 5.56 Å². The van der Waals surface area contributed by atoms with Gasteiger partial charge in [-0.05, 0) is 23.8 Å². The molecule has 25 heavy (non-hydrogen) atoms. The number of nitrogens with zero attached hydrogens (tertiary/aromatic N) is 1. The van der Waals surface area contributed by atoms with Crippen LogP contribution in [0.15, 0.2) is 48.5 Å². The molecule has 2 aromatic rings. The number of hydrogen-bond donors (Lipinski definition) is 1. The SMILES string of the molecule is Cl.Cl.O=C(NN(Cc1ccccc1)C(=O)CCl)c1cc(Cl)cc(Cl)c1. The molecule has 0 heterocycles. The second-order valence-corrected chi connectivity index (χ2v) is 5.84. The van der Waals surface area contributed by atoms with Crippen LogP contribution in [0.1, 0.15) is 15.9 Å². The number of alkyl halides is 1. The summed E-state index contributed by atoms with van der Waals surface area (Å²) in [6.07, 6.45) is 0. The average molecular weight is 445 g/mol. The lowest BCUT2D eigenvalue weighted by Crippen LogP contribution is -2.46. The molecule has 0 aliphatic heterocycles. The smallest absolute Gasteiger partial charge is 0.269 e. The molecule has 136 valence electrons. The fourth-order valence-corrected chi connectivity index (χ4v) is 2.57. The summed E-state index contributed by atoms with van der Waals surface area (Å²) >= 11 is 17.4. The average Bonchev–Trinajstić information content (AvgIpc) is 2.53. The van der Waals surface area contributed by atoms with E-state index in [1.165, 1.54) is 23.2 Å². The fourth-order valence-electron chi connectivity index (χ4n) is 1.90. The lowest BCUT2D eigenvalue weighted by atomic mass is 10.2. The van der Waals surface area contributed by atoms with E-state index in [1.54, 1.807) is 0 Å². The molecule has 0 unspecified atom stereocenters. The number of halogens is 5. The molecule has 0 fully saturated rings. The van der Waals surface area contributed by atoms with Gasteiger partial charge in [0.25, 0.3) is 11.8 Å². The zero-order valence-electron chi connectivity index (χ0n) is 12.7. The van der Waals surface area contributed by atoms with Crippen molar-refractivity contribution in [3.63, 3.8) is 0 Å². The van der Waals surface area contributed by atoms with Gasteiger partial charge in [-0.3, -0.25) is 15.0 Å². The molecule has 0 saturated heterocycles. The van der Waals surface area contributed by atoms with Crippen molar-refractivity contribution in [1.29, 1.82) is 0 Å². The Morgan fingerprint density at radius 1 is 0.960 bits per heavy atom. The van der Waals surface area contributed by atoms with Crippen molar-refractivity contribution in [3.05, 3.63) is 69.7 Å². The highest BCUT2D eigenvalue weighted by Crippen LogP contribution is 2.19. The van der Waals surface area contributed by atoms with Crippen LogP contribution in [0.5, 0.6) is 0 Å². The van der Waals surface area contributed by atoms with E-state index < -0.39 is 11.8 Å². The van der Waals surface area contributed by atoms with E-state index in [-0.39, 0.29) is 42.8 Å². The van der Waals surface area contributed by atoms with Crippen molar-refractivity contribution in [1.82, 2.24) is 10.4 Å². The topological polar surface area (TPSA) is 49.4 Å². The quantitative estimate of drug-likeness (QED) is 0.547. The minimum atomic E-state index is -0.496. The van der Waals surface area contributed by atoms with Gasteiger partial charge < -0.3 is 0 Å². The fraction of sp³-hybridized carbons (Fsp3) is 0.125. The summed E-state index contributed by atoms with van der Waals surface area (Å²) in [6.45, 7) is 0.201. The third-order valence-electron chi connectivity index (χ3n) is 2.96. The van der Waals surface area contributed by atoms with Gasteiger partial charge in [-0.1, -0.05) is 53.5 Å². The molecule has 0 spiro atoms. The van der Waals surface area contributed by atoms with Crippen molar-refractivity contribution in [2.24, 2.45) is 0 Å². The van der Waals surface area contributed by atoms with Crippen LogP contribution in [0.3, 0.4) is 0 Å². The number of amides is 2. The molecule has 1 N–H and O–H groups in total. The number of nitrogens with one attached hydrogen (secondary N) is 1. The third-order valence-corrected chi connectivity index (χ3v) is 3.63. The van der Waals surface area contributed by atoms with E-state index in [2.05, 4.69) is 5.43 Å². The highest BCUT2D eigenvalue weighted by Gasteiger charge is 2.17. The lowest BCUT2D eigenvalue weighted by Gasteiger charge is -2.22. The van der Waals surface area contributed by atoms with Gasteiger partial charge in [0.2, 0.25) is 0 Å². The predicted octanol–water partition coefficient (Wildman–Crippen LogP) is 4.75. The highest BCUT2D eigenvalue weighted by atomic mass is 35.5. The van der Waals surface area contributed by atoms with Crippen molar-refractivity contribution in [3.8, 4) is 0 Å². The maximum absolute atomic E-state index is 12.3. The van der Waals surface area contributed by atoms with Crippen molar-refractivity contribution >= 4 is 71.4 Å². The summed E-state index contributed by atoms with van der Waals surface area (Å²) in [5.74, 6) is -1.16. The van der Waals surface area contributed by atoms with Crippen molar-refractivity contribution in [2.75, 3.05) is 5.88 Å². The van der Waals surface area contributed by atoms with Crippen LogP contribution in [-0.2, 0) is 11.3 Å². The van der Waals surface area contributed by atoms with E-state index in [4.69, 9.17) is 34.8 Å². The molecule has 0 aliphatic carbocycles. The molecular weight excluding hydrogens is 429 g/mol. The maximum atomic E-state index is 12.3. The Morgan fingerprint density at radius 3 is 2.04 bits per heavy atom. The summed E-state index contributed by atoms with van der Waals surface area (Å²) in [4.78, 5) is 24.2. The largest absolute Gasteiger partial charge is 0.272 e.